The maximum absolute atomic E-state index is 9.50. The van der Waals surface area contributed by atoms with Crippen LogP contribution in [0.3, 0.4) is 0 Å². The van der Waals surface area contributed by atoms with Crippen LogP contribution in [0.2, 0.25) is 0 Å². The van der Waals surface area contributed by atoms with E-state index in [0.717, 1.165) is 54.7 Å². The first-order valence-electron chi connectivity index (χ1n) is 18.7. The van der Waals surface area contributed by atoms with Gasteiger partial charge in [0.25, 0.3) is 0 Å². The van der Waals surface area contributed by atoms with Gasteiger partial charge in [0, 0.05) is 16.7 Å². The molecule has 1 heterocycles. The average molecular weight is 713 g/mol. The Morgan fingerprint density at radius 3 is 1.00 bits per heavy atom. The summed E-state index contributed by atoms with van der Waals surface area (Å²) in [7, 11) is 0. The van der Waals surface area contributed by atoms with Crippen molar-refractivity contribution in [2.24, 2.45) is 0 Å². The Hall–Kier alpha value is -7.74. The van der Waals surface area contributed by atoms with E-state index in [1.54, 1.807) is 12.1 Å². The first-order chi connectivity index (χ1) is 27.7. The van der Waals surface area contributed by atoms with E-state index in [-0.39, 0.29) is 0 Å². The van der Waals surface area contributed by atoms with Crippen LogP contribution in [-0.2, 0) is 0 Å². The molecule has 0 spiro atoms. The minimum absolute atomic E-state index is 0.540. The summed E-state index contributed by atoms with van der Waals surface area (Å²) in [4.78, 5) is 15.3. The van der Waals surface area contributed by atoms with Crippen LogP contribution in [0, 0.1) is 11.3 Å². The normalized spacial score (nSPS) is 11.2. The molecule has 0 bridgehead atoms. The molecule has 4 heteroatoms. The molecule has 56 heavy (non-hydrogen) atoms. The Labute approximate surface area is 324 Å². The van der Waals surface area contributed by atoms with Crippen molar-refractivity contribution < 1.29 is 0 Å². The van der Waals surface area contributed by atoms with Crippen molar-refractivity contribution >= 4 is 53.9 Å². The zero-order chi connectivity index (χ0) is 37.4. The van der Waals surface area contributed by atoms with E-state index < -0.39 is 0 Å². The van der Waals surface area contributed by atoms with E-state index >= 15 is 0 Å². The maximum Gasteiger partial charge on any atom is 0.164 e. The van der Waals surface area contributed by atoms with Crippen molar-refractivity contribution in [1.82, 2.24) is 15.0 Å². The molecule has 260 valence electrons. The van der Waals surface area contributed by atoms with Crippen molar-refractivity contribution in [2.45, 2.75) is 0 Å². The number of aromatic nitrogens is 3. The highest BCUT2D eigenvalue weighted by molar-refractivity contribution is 6.26. The van der Waals surface area contributed by atoms with Crippen molar-refractivity contribution in [1.29, 1.82) is 5.26 Å². The molecule has 0 aliphatic carbocycles. The molecule has 0 fully saturated rings. The molecule has 0 atom stereocenters. The molecule has 0 radical (unpaired) electrons. The Morgan fingerprint density at radius 1 is 0.268 bits per heavy atom. The molecule has 1 aromatic heterocycles. The van der Waals surface area contributed by atoms with Gasteiger partial charge in [0.15, 0.2) is 17.5 Å². The number of nitriles is 1. The number of hydrogen-bond acceptors (Lipinski definition) is 4. The molecular weight excluding hydrogens is 681 g/mol. The van der Waals surface area contributed by atoms with Gasteiger partial charge in [-0.05, 0) is 95.3 Å². The summed E-state index contributed by atoms with van der Waals surface area (Å²) in [5, 5.41) is 21.1. The first kappa shape index (κ1) is 32.9. The molecule has 0 saturated carbocycles. The zero-order valence-electron chi connectivity index (χ0n) is 30.3. The van der Waals surface area contributed by atoms with E-state index in [1.807, 2.05) is 30.3 Å². The topological polar surface area (TPSA) is 62.5 Å². The SMILES string of the molecule is N#Cc1ccc(-c2nc(-c3ccc(-c4ccccc4)cc3)nc(-c3ccc4c5ccccc5c5ccccc5c5ccccc5c5ccccc5c4c3)n2)cc1. The molecule has 0 aliphatic rings. The summed E-state index contributed by atoms with van der Waals surface area (Å²) in [6.07, 6.45) is 0. The zero-order valence-corrected chi connectivity index (χ0v) is 30.3. The third-order valence-corrected chi connectivity index (χ3v) is 10.6. The summed E-state index contributed by atoms with van der Waals surface area (Å²) in [5.74, 6) is 1.68. The maximum atomic E-state index is 9.50. The Bertz CT molecular complexity index is 3160. The van der Waals surface area contributed by atoms with Crippen molar-refractivity contribution in [3.8, 4) is 51.4 Å². The van der Waals surface area contributed by atoms with Crippen LogP contribution < -0.4 is 0 Å². The molecule has 0 N–H and O–H groups in total. The van der Waals surface area contributed by atoms with Crippen molar-refractivity contribution in [3.63, 3.8) is 0 Å². The minimum atomic E-state index is 0.540. The smallest absolute Gasteiger partial charge is 0.164 e. The summed E-state index contributed by atoms with van der Waals surface area (Å²) in [5.41, 5.74) is 5.42. The lowest BCUT2D eigenvalue weighted by Gasteiger charge is -2.12. The lowest BCUT2D eigenvalue weighted by Crippen LogP contribution is -2.00. The third kappa shape index (κ3) is 5.85. The van der Waals surface area contributed by atoms with E-state index in [2.05, 4.69) is 158 Å². The molecule has 9 aromatic carbocycles. The quantitative estimate of drug-likeness (QED) is 0.182. The Morgan fingerprint density at radius 2 is 0.571 bits per heavy atom. The predicted molar refractivity (Wildman–Crippen MR) is 231 cm³/mol. The van der Waals surface area contributed by atoms with Gasteiger partial charge in [-0.3, -0.25) is 0 Å². The van der Waals surface area contributed by atoms with Gasteiger partial charge in [0.1, 0.15) is 0 Å². The summed E-state index contributed by atoms with van der Waals surface area (Å²) < 4.78 is 0. The predicted octanol–water partition coefficient (Wildman–Crippen LogP) is 13.3. The van der Waals surface area contributed by atoms with Gasteiger partial charge in [-0.1, -0.05) is 164 Å². The second-order valence-electron chi connectivity index (χ2n) is 13.9. The van der Waals surface area contributed by atoms with Crippen LogP contribution in [0.15, 0.2) is 194 Å². The highest BCUT2D eigenvalue weighted by Crippen LogP contribution is 2.37. The average Bonchev–Trinajstić information content (AvgIpc) is 3.29. The van der Waals surface area contributed by atoms with Gasteiger partial charge in [-0.25, -0.2) is 15.0 Å². The van der Waals surface area contributed by atoms with Gasteiger partial charge >= 0.3 is 0 Å². The monoisotopic (exact) mass is 712 g/mol. The second-order valence-corrected chi connectivity index (χ2v) is 13.9. The molecule has 10 rings (SSSR count). The van der Waals surface area contributed by atoms with Crippen molar-refractivity contribution in [2.75, 3.05) is 0 Å². The van der Waals surface area contributed by atoms with Crippen LogP contribution in [0.5, 0.6) is 0 Å². The van der Waals surface area contributed by atoms with Gasteiger partial charge in [0.2, 0.25) is 0 Å². The first-order valence-corrected chi connectivity index (χ1v) is 18.7. The Balaban J connectivity index is 1.27. The highest BCUT2D eigenvalue weighted by atomic mass is 15.0. The van der Waals surface area contributed by atoms with Crippen molar-refractivity contribution in [3.05, 3.63) is 200 Å². The number of fused-ring (bicyclic) bond motifs is 10. The van der Waals surface area contributed by atoms with E-state index in [4.69, 9.17) is 15.0 Å². The van der Waals surface area contributed by atoms with E-state index in [9.17, 15) is 5.26 Å². The fourth-order valence-corrected chi connectivity index (χ4v) is 7.85. The molecule has 10 aromatic rings. The lowest BCUT2D eigenvalue weighted by atomic mass is 9.94. The van der Waals surface area contributed by atoms with Gasteiger partial charge in [-0.2, -0.15) is 5.26 Å². The van der Waals surface area contributed by atoms with Crippen LogP contribution >= 0.6 is 0 Å². The van der Waals surface area contributed by atoms with Crippen LogP contribution in [0.25, 0.3) is 99.2 Å². The molecule has 0 saturated heterocycles. The van der Waals surface area contributed by atoms with Crippen LogP contribution in [0.4, 0.5) is 0 Å². The van der Waals surface area contributed by atoms with E-state index in [0.29, 0.717) is 23.0 Å². The minimum Gasteiger partial charge on any atom is -0.208 e. The van der Waals surface area contributed by atoms with Crippen LogP contribution in [-0.4, -0.2) is 15.0 Å². The standard InChI is InChI=1S/C52H32N4/c53-33-34-22-24-37(25-23-34)50-54-51(38-28-26-36(27-29-38)35-12-2-1-3-13-35)56-52(55-50)39-30-31-48-46-20-9-8-18-44(46)42-16-5-4-14-40(42)41-15-6-7-17-43(41)45-19-10-11-21-47(45)49(48)32-39/h1-32H. The number of nitrogens with zero attached hydrogens (tertiary/aromatic N) is 4. The fraction of sp³-hybridized carbons (Fsp3) is 0. The largest absolute Gasteiger partial charge is 0.208 e. The third-order valence-electron chi connectivity index (χ3n) is 10.6. The number of benzene rings is 8. The number of rotatable bonds is 4. The van der Waals surface area contributed by atoms with Crippen LogP contribution in [0.1, 0.15) is 5.56 Å². The molecular formula is C52H32N4. The van der Waals surface area contributed by atoms with Gasteiger partial charge in [-0.15, -0.1) is 0 Å². The molecule has 4 nitrogen and oxygen atoms in total. The van der Waals surface area contributed by atoms with E-state index in [1.165, 1.54) is 26.9 Å². The summed E-state index contributed by atoms with van der Waals surface area (Å²) in [6.45, 7) is 0. The highest BCUT2D eigenvalue weighted by Gasteiger charge is 2.15. The summed E-state index contributed by atoms with van der Waals surface area (Å²) >= 11 is 0. The Kier molecular flexibility index (Phi) is 8.17. The van der Waals surface area contributed by atoms with Gasteiger partial charge in [0.05, 0.1) is 11.6 Å². The fourth-order valence-electron chi connectivity index (χ4n) is 7.85. The molecule has 0 aliphatic heterocycles. The molecule has 0 amide bonds. The lowest BCUT2D eigenvalue weighted by molar-refractivity contribution is 1.07. The second kappa shape index (κ2) is 13.9. The molecule has 0 unspecified atom stereocenters. The number of hydrogen-bond donors (Lipinski definition) is 0. The van der Waals surface area contributed by atoms with Gasteiger partial charge < -0.3 is 0 Å². The summed E-state index contributed by atoms with van der Waals surface area (Å²) in [6, 6.07) is 69.7.